The van der Waals surface area contributed by atoms with Crippen LogP contribution in [-0.4, -0.2) is 6.54 Å². The number of hydrogen-bond acceptors (Lipinski definition) is 2. The molecule has 2 nitrogen and oxygen atoms in total. The molecule has 0 radical (unpaired) electrons. The van der Waals surface area contributed by atoms with E-state index in [0.717, 1.165) is 29.8 Å². The minimum absolute atomic E-state index is 0.723. The average Bonchev–Trinajstić information content (AvgIpc) is 2.52. The van der Waals surface area contributed by atoms with Crippen LogP contribution in [0.4, 0.5) is 0 Å². The molecule has 0 heterocycles. The standard InChI is InChI=1S/C18H20N2/c1-2-3-12-20-14-15-8-10-16(11-9-15)18-7-5-4-6-17(18)13-19/h4-11,20H,2-3,12,14H2,1H3. The van der Waals surface area contributed by atoms with Gasteiger partial charge in [0.25, 0.3) is 0 Å². The van der Waals surface area contributed by atoms with Crippen LogP contribution < -0.4 is 5.32 Å². The van der Waals surface area contributed by atoms with Crippen molar-refractivity contribution in [3.8, 4) is 17.2 Å². The van der Waals surface area contributed by atoms with Crippen molar-refractivity contribution in [2.75, 3.05) is 6.54 Å². The fraction of sp³-hybridized carbons (Fsp3) is 0.278. The minimum atomic E-state index is 0.723. The van der Waals surface area contributed by atoms with E-state index in [1.165, 1.54) is 18.4 Å². The van der Waals surface area contributed by atoms with Crippen LogP contribution in [0.15, 0.2) is 48.5 Å². The van der Waals surface area contributed by atoms with Gasteiger partial charge in [-0.1, -0.05) is 55.8 Å². The van der Waals surface area contributed by atoms with Crippen LogP contribution >= 0.6 is 0 Å². The molecule has 2 aromatic carbocycles. The van der Waals surface area contributed by atoms with Gasteiger partial charge in [0.1, 0.15) is 0 Å². The van der Waals surface area contributed by atoms with Crippen molar-refractivity contribution < 1.29 is 0 Å². The lowest BCUT2D eigenvalue weighted by atomic mass is 9.99. The molecule has 102 valence electrons. The number of rotatable bonds is 6. The summed E-state index contributed by atoms with van der Waals surface area (Å²) < 4.78 is 0. The molecular formula is C18H20N2. The third kappa shape index (κ3) is 3.69. The largest absolute Gasteiger partial charge is 0.313 e. The summed E-state index contributed by atoms with van der Waals surface area (Å²) in [6.07, 6.45) is 2.44. The topological polar surface area (TPSA) is 35.8 Å². The summed E-state index contributed by atoms with van der Waals surface area (Å²) in [4.78, 5) is 0. The number of benzene rings is 2. The fourth-order valence-corrected chi connectivity index (χ4v) is 2.17. The molecule has 20 heavy (non-hydrogen) atoms. The molecule has 0 atom stereocenters. The maximum absolute atomic E-state index is 9.14. The second-order valence-electron chi connectivity index (χ2n) is 4.88. The highest BCUT2D eigenvalue weighted by atomic mass is 14.8. The summed E-state index contributed by atoms with van der Waals surface area (Å²) in [5, 5.41) is 12.6. The molecule has 0 saturated heterocycles. The Hall–Kier alpha value is -2.11. The van der Waals surface area contributed by atoms with E-state index in [1.54, 1.807) is 0 Å². The molecule has 0 amide bonds. The molecule has 2 aromatic rings. The molecule has 2 rings (SSSR count). The Labute approximate surface area is 121 Å². The zero-order valence-corrected chi connectivity index (χ0v) is 11.9. The van der Waals surface area contributed by atoms with Gasteiger partial charge in [0.15, 0.2) is 0 Å². The lowest BCUT2D eigenvalue weighted by Gasteiger charge is -2.07. The lowest BCUT2D eigenvalue weighted by molar-refractivity contribution is 0.641. The van der Waals surface area contributed by atoms with Gasteiger partial charge in [-0.2, -0.15) is 5.26 Å². The van der Waals surface area contributed by atoms with E-state index in [4.69, 9.17) is 5.26 Å². The van der Waals surface area contributed by atoms with Crippen molar-refractivity contribution in [3.63, 3.8) is 0 Å². The molecule has 0 aliphatic rings. The molecule has 0 saturated carbocycles. The highest BCUT2D eigenvalue weighted by Gasteiger charge is 2.03. The molecule has 2 heteroatoms. The van der Waals surface area contributed by atoms with Crippen LogP contribution in [0.25, 0.3) is 11.1 Å². The monoisotopic (exact) mass is 264 g/mol. The molecule has 1 N–H and O–H groups in total. The fourth-order valence-electron chi connectivity index (χ4n) is 2.17. The van der Waals surface area contributed by atoms with Crippen molar-refractivity contribution in [2.24, 2.45) is 0 Å². The van der Waals surface area contributed by atoms with E-state index in [0.29, 0.717) is 0 Å². The normalized spacial score (nSPS) is 10.2. The smallest absolute Gasteiger partial charge is 0.0998 e. The summed E-state index contributed by atoms with van der Waals surface area (Å²) >= 11 is 0. The molecule has 0 aliphatic heterocycles. The highest BCUT2D eigenvalue weighted by Crippen LogP contribution is 2.23. The number of hydrogen-bond donors (Lipinski definition) is 1. The maximum Gasteiger partial charge on any atom is 0.0998 e. The first-order valence-corrected chi connectivity index (χ1v) is 7.14. The first kappa shape index (κ1) is 14.3. The minimum Gasteiger partial charge on any atom is -0.313 e. The molecule has 0 aliphatic carbocycles. The zero-order valence-electron chi connectivity index (χ0n) is 11.9. The molecule has 0 fully saturated rings. The van der Waals surface area contributed by atoms with Crippen LogP contribution in [0, 0.1) is 11.3 Å². The first-order valence-electron chi connectivity index (χ1n) is 7.14. The Kier molecular flexibility index (Phi) is 5.34. The second kappa shape index (κ2) is 7.47. The summed E-state index contributed by atoms with van der Waals surface area (Å²) in [7, 11) is 0. The van der Waals surface area contributed by atoms with Crippen molar-refractivity contribution >= 4 is 0 Å². The van der Waals surface area contributed by atoms with E-state index >= 15 is 0 Å². The van der Waals surface area contributed by atoms with Gasteiger partial charge in [0.2, 0.25) is 0 Å². The quantitative estimate of drug-likeness (QED) is 0.797. The second-order valence-corrected chi connectivity index (χ2v) is 4.88. The number of unbranched alkanes of at least 4 members (excludes halogenated alkanes) is 1. The van der Waals surface area contributed by atoms with Crippen LogP contribution in [0.2, 0.25) is 0 Å². The number of nitrogens with zero attached hydrogens (tertiary/aromatic N) is 1. The van der Waals surface area contributed by atoms with E-state index < -0.39 is 0 Å². The summed E-state index contributed by atoms with van der Waals surface area (Å²) in [5.41, 5.74) is 4.10. The molecule has 0 bridgehead atoms. The average molecular weight is 264 g/mol. The van der Waals surface area contributed by atoms with Gasteiger partial charge in [0.05, 0.1) is 11.6 Å². The van der Waals surface area contributed by atoms with Crippen molar-refractivity contribution in [1.29, 1.82) is 5.26 Å². The number of nitriles is 1. The highest BCUT2D eigenvalue weighted by molar-refractivity contribution is 5.70. The van der Waals surface area contributed by atoms with Gasteiger partial charge in [-0.25, -0.2) is 0 Å². The predicted molar refractivity (Wildman–Crippen MR) is 83.2 cm³/mol. The Balaban J connectivity index is 2.06. The van der Waals surface area contributed by atoms with Gasteiger partial charge in [-0.05, 0) is 35.7 Å². The third-order valence-electron chi connectivity index (χ3n) is 3.35. The van der Waals surface area contributed by atoms with E-state index in [1.807, 2.05) is 24.3 Å². The van der Waals surface area contributed by atoms with Crippen LogP contribution in [0.1, 0.15) is 30.9 Å². The van der Waals surface area contributed by atoms with Crippen LogP contribution in [-0.2, 0) is 6.54 Å². The van der Waals surface area contributed by atoms with Crippen molar-refractivity contribution in [2.45, 2.75) is 26.3 Å². The van der Waals surface area contributed by atoms with E-state index in [-0.39, 0.29) is 0 Å². The Morgan fingerprint density at radius 3 is 2.50 bits per heavy atom. The lowest BCUT2D eigenvalue weighted by Crippen LogP contribution is -2.14. The summed E-state index contributed by atoms with van der Waals surface area (Å²) in [6, 6.07) is 18.4. The van der Waals surface area contributed by atoms with E-state index in [9.17, 15) is 0 Å². The van der Waals surface area contributed by atoms with Crippen LogP contribution in [0.5, 0.6) is 0 Å². The van der Waals surface area contributed by atoms with Gasteiger partial charge in [-0.3, -0.25) is 0 Å². The van der Waals surface area contributed by atoms with Crippen molar-refractivity contribution in [1.82, 2.24) is 5.32 Å². The van der Waals surface area contributed by atoms with Gasteiger partial charge in [-0.15, -0.1) is 0 Å². The van der Waals surface area contributed by atoms with Gasteiger partial charge >= 0.3 is 0 Å². The van der Waals surface area contributed by atoms with Crippen LogP contribution in [0.3, 0.4) is 0 Å². The summed E-state index contributed by atoms with van der Waals surface area (Å²) in [5.74, 6) is 0. The third-order valence-corrected chi connectivity index (χ3v) is 3.35. The Bertz CT molecular complexity index is 579. The summed E-state index contributed by atoms with van der Waals surface area (Å²) in [6.45, 7) is 4.17. The molecule has 0 unspecified atom stereocenters. The van der Waals surface area contributed by atoms with Gasteiger partial charge in [0, 0.05) is 6.54 Å². The predicted octanol–water partition coefficient (Wildman–Crippen LogP) is 4.11. The van der Waals surface area contributed by atoms with Gasteiger partial charge < -0.3 is 5.32 Å². The Morgan fingerprint density at radius 1 is 1.05 bits per heavy atom. The first-order chi connectivity index (χ1) is 9.85. The number of nitrogens with one attached hydrogen (secondary N) is 1. The van der Waals surface area contributed by atoms with Crippen molar-refractivity contribution in [3.05, 3.63) is 59.7 Å². The Morgan fingerprint density at radius 2 is 1.80 bits per heavy atom. The zero-order chi connectivity index (χ0) is 14.2. The SMILES string of the molecule is CCCCNCc1ccc(-c2ccccc2C#N)cc1. The molecule has 0 aromatic heterocycles. The molecular weight excluding hydrogens is 244 g/mol. The molecule has 0 spiro atoms. The maximum atomic E-state index is 9.14. The van der Waals surface area contributed by atoms with E-state index in [2.05, 4.69) is 42.6 Å².